The van der Waals surface area contributed by atoms with Crippen LogP contribution in [0.25, 0.3) is 10.2 Å². The summed E-state index contributed by atoms with van der Waals surface area (Å²) in [6, 6.07) is 0. The Morgan fingerprint density at radius 1 is 1.26 bits per heavy atom. The maximum absolute atomic E-state index is 11.5. The van der Waals surface area contributed by atoms with E-state index in [1.165, 1.54) is 16.9 Å². The van der Waals surface area contributed by atoms with Gasteiger partial charge in [-0.3, -0.25) is 0 Å². The molecule has 100 valence electrons. The number of rotatable bonds is 2. The van der Waals surface area contributed by atoms with Crippen LogP contribution >= 0.6 is 11.3 Å². The number of aromatic nitrogens is 2. The smallest absolute Gasteiger partial charge is 0.355 e. The van der Waals surface area contributed by atoms with Crippen molar-refractivity contribution in [3.8, 4) is 0 Å². The van der Waals surface area contributed by atoms with Gasteiger partial charge in [-0.1, -0.05) is 13.8 Å². The molecule has 0 aliphatic heterocycles. The van der Waals surface area contributed by atoms with Crippen molar-refractivity contribution >= 4 is 27.5 Å². The van der Waals surface area contributed by atoms with Crippen LogP contribution in [-0.2, 0) is 12.8 Å². The summed E-state index contributed by atoms with van der Waals surface area (Å²) >= 11 is 1.65. The minimum atomic E-state index is -0.944. The Labute approximate surface area is 115 Å². The van der Waals surface area contributed by atoms with Crippen molar-refractivity contribution in [2.45, 2.75) is 45.4 Å². The number of fused-ring (bicyclic) bond motifs is 3. The highest BCUT2D eigenvalue weighted by molar-refractivity contribution is 7.18. The van der Waals surface area contributed by atoms with Gasteiger partial charge in [0.1, 0.15) is 10.7 Å². The van der Waals surface area contributed by atoms with Gasteiger partial charge in [0.25, 0.3) is 0 Å². The maximum Gasteiger partial charge on any atom is 0.355 e. The number of hydrogen-bond acceptors (Lipinski definition) is 4. The van der Waals surface area contributed by atoms with E-state index in [9.17, 15) is 9.90 Å². The fraction of sp³-hybridized carbons (Fsp3) is 0.500. The van der Waals surface area contributed by atoms with Crippen LogP contribution in [0.5, 0.6) is 0 Å². The average Bonchev–Trinajstić information content (AvgIpc) is 2.75. The Morgan fingerprint density at radius 3 is 2.68 bits per heavy atom. The third-order valence-electron chi connectivity index (χ3n) is 3.55. The molecule has 0 amide bonds. The number of carboxylic acids is 1. The second-order valence-electron chi connectivity index (χ2n) is 5.28. The minimum Gasteiger partial charge on any atom is -0.476 e. The molecule has 1 aliphatic carbocycles. The zero-order valence-electron chi connectivity index (χ0n) is 11.1. The minimum absolute atomic E-state index is 0.140. The first-order valence-corrected chi connectivity index (χ1v) is 7.45. The van der Waals surface area contributed by atoms with Gasteiger partial charge in [0, 0.05) is 16.2 Å². The van der Waals surface area contributed by atoms with E-state index in [1.54, 1.807) is 11.3 Å². The highest BCUT2D eigenvalue weighted by Gasteiger charge is 2.24. The molecule has 19 heavy (non-hydrogen) atoms. The van der Waals surface area contributed by atoms with E-state index in [-0.39, 0.29) is 11.6 Å². The fourth-order valence-electron chi connectivity index (χ4n) is 2.59. The van der Waals surface area contributed by atoms with Crippen LogP contribution in [0.4, 0.5) is 0 Å². The van der Waals surface area contributed by atoms with Crippen molar-refractivity contribution in [3.05, 3.63) is 22.0 Å². The van der Waals surface area contributed by atoms with Gasteiger partial charge >= 0.3 is 5.97 Å². The highest BCUT2D eigenvalue weighted by atomic mass is 32.1. The predicted octanol–water partition coefficient (Wildman–Crippen LogP) is 3.39. The number of hydrogen-bond donors (Lipinski definition) is 1. The second-order valence-corrected chi connectivity index (χ2v) is 6.36. The van der Waals surface area contributed by atoms with Crippen molar-refractivity contribution in [2.75, 3.05) is 0 Å². The summed E-state index contributed by atoms with van der Waals surface area (Å²) < 4.78 is 0. The zero-order chi connectivity index (χ0) is 13.6. The molecule has 2 aromatic rings. The molecule has 0 aromatic carbocycles. The molecule has 0 saturated carbocycles. The molecule has 4 nitrogen and oxygen atoms in total. The van der Waals surface area contributed by atoms with E-state index >= 15 is 0 Å². The van der Waals surface area contributed by atoms with Gasteiger partial charge in [-0.15, -0.1) is 11.3 Å². The summed E-state index contributed by atoms with van der Waals surface area (Å²) in [6.07, 6.45) is 4.32. The zero-order valence-corrected chi connectivity index (χ0v) is 11.9. The predicted molar refractivity (Wildman–Crippen MR) is 75.1 cm³/mol. The normalized spacial score (nSPS) is 14.9. The number of carboxylic acid groups (broad SMARTS) is 1. The monoisotopic (exact) mass is 276 g/mol. The van der Waals surface area contributed by atoms with E-state index in [0.717, 1.165) is 29.5 Å². The van der Waals surface area contributed by atoms with Gasteiger partial charge in [-0.25, -0.2) is 14.8 Å². The van der Waals surface area contributed by atoms with Crippen LogP contribution in [0.2, 0.25) is 0 Å². The Bertz CT molecular complexity index is 661. The summed E-state index contributed by atoms with van der Waals surface area (Å²) in [5.74, 6) is -0.175. The molecule has 0 spiro atoms. The van der Waals surface area contributed by atoms with Crippen molar-refractivity contribution in [1.29, 1.82) is 0 Å². The SMILES string of the molecule is CC(C)c1nc(C(=O)O)c2c3c(sc2n1)CCCC3. The summed E-state index contributed by atoms with van der Waals surface area (Å²) in [5.41, 5.74) is 1.37. The molecule has 1 N–H and O–H groups in total. The summed E-state index contributed by atoms with van der Waals surface area (Å²) in [4.78, 5) is 22.5. The molecule has 0 saturated heterocycles. The highest BCUT2D eigenvalue weighted by Crippen LogP contribution is 2.37. The van der Waals surface area contributed by atoms with Gasteiger partial charge in [0.05, 0.1) is 0 Å². The number of aromatic carboxylic acids is 1. The lowest BCUT2D eigenvalue weighted by Crippen LogP contribution is -2.08. The number of nitrogens with zero attached hydrogens (tertiary/aromatic N) is 2. The quantitative estimate of drug-likeness (QED) is 0.913. The molecule has 1 aliphatic rings. The Kier molecular flexibility index (Phi) is 3.01. The van der Waals surface area contributed by atoms with Crippen LogP contribution in [-0.4, -0.2) is 21.0 Å². The van der Waals surface area contributed by atoms with Gasteiger partial charge in [0.15, 0.2) is 5.69 Å². The van der Waals surface area contributed by atoms with Gasteiger partial charge in [-0.05, 0) is 31.2 Å². The summed E-state index contributed by atoms with van der Waals surface area (Å²) in [7, 11) is 0. The lowest BCUT2D eigenvalue weighted by atomic mass is 9.96. The molecule has 2 heterocycles. The third-order valence-corrected chi connectivity index (χ3v) is 4.74. The Balaban J connectivity index is 2.33. The van der Waals surface area contributed by atoms with Crippen LogP contribution in [0.1, 0.15) is 59.4 Å². The topological polar surface area (TPSA) is 63.1 Å². The van der Waals surface area contributed by atoms with E-state index in [2.05, 4.69) is 9.97 Å². The van der Waals surface area contributed by atoms with Crippen LogP contribution in [0.15, 0.2) is 0 Å². The maximum atomic E-state index is 11.5. The molecule has 2 aromatic heterocycles. The third kappa shape index (κ3) is 2.02. The standard InChI is InChI=1S/C14H16N2O2S/c1-7(2)12-15-11(14(17)18)10-8-5-3-4-6-9(8)19-13(10)16-12/h7H,3-6H2,1-2H3,(H,17,18). The largest absolute Gasteiger partial charge is 0.476 e. The van der Waals surface area contributed by atoms with Crippen LogP contribution in [0, 0.1) is 0 Å². The first-order valence-electron chi connectivity index (χ1n) is 6.63. The Morgan fingerprint density at radius 2 is 2.00 bits per heavy atom. The van der Waals surface area contributed by atoms with E-state index in [0.29, 0.717) is 5.82 Å². The van der Waals surface area contributed by atoms with Crippen molar-refractivity contribution in [1.82, 2.24) is 9.97 Å². The van der Waals surface area contributed by atoms with Crippen molar-refractivity contribution in [3.63, 3.8) is 0 Å². The fourth-order valence-corrected chi connectivity index (χ4v) is 3.86. The molecule has 0 bridgehead atoms. The van der Waals surface area contributed by atoms with Gasteiger partial charge < -0.3 is 5.11 Å². The molecular weight excluding hydrogens is 260 g/mol. The average molecular weight is 276 g/mol. The molecular formula is C14H16N2O2S. The van der Waals surface area contributed by atoms with E-state index in [1.807, 2.05) is 13.8 Å². The lowest BCUT2D eigenvalue weighted by Gasteiger charge is -2.11. The first kappa shape index (κ1) is 12.5. The number of thiophene rings is 1. The van der Waals surface area contributed by atoms with Crippen LogP contribution < -0.4 is 0 Å². The van der Waals surface area contributed by atoms with E-state index in [4.69, 9.17) is 0 Å². The molecule has 5 heteroatoms. The summed E-state index contributed by atoms with van der Waals surface area (Å²) in [5, 5.41) is 10.2. The second kappa shape index (κ2) is 4.56. The van der Waals surface area contributed by atoms with Crippen molar-refractivity contribution in [2.24, 2.45) is 0 Å². The Hall–Kier alpha value is -1.49. The lowest BCUT2D eigenvalue weighted by molar-refractivity contribution is 0.0692. The molecule has 0 atom stereocenters. The molecule has 3 rings (SSSR count). The van der Waals surface area contributed by atoms with Crippen molar-refractivity contribution < 1.29 is 9.90 Å². The number of carbonyl (C=O) groups is 1. The molecule has 0 unspecified atom stereocenters. The van der Waals surface area contributed by atoms with Gasteiger partial charge in [-0.2, -0.15) is 0 Å². The van der Waals surface area contributed by atoms with Gasteiger partial charge in [0.2, 0.25) is 0 Å². The first-order chi connectivity index (χ1) is 9.08. The van der Waals surface area contributed by atoms with Crippen LogP contribution in [0.3, 0.4) is 0 Å². The number of aryl methyl sites for hydroxylation is 2. The summed E-state index contributed by atoms with van der Waals surface area (Å²) in [6.45, 7) is 3.97. The van der Waals surface area contributed by atoms with E-state index < -0.39 is 5.97 Å². The molecule has 0 radical (unpaired) electrons. The molecule has 0 fully saturated rings.